The highest BCUT2D eigenvalue weighted by Crippen LogP contribution is 2.32. The standard InChI is InChI=1S/C19H20BrFN2O2S.C2H6/c1-25-17-7-2-4-13(20)8-12(17)11-26-18-15(5-3-6-16(18)21)19-22-9-14(24)10-23-19;1-2/h3-8,14,24H,2,9-11H2,1H3,(H,22,23);1-2H3. The molecule has 0 fully saturated rings. The highest BCUT2D eigenvalue weighted by atomic mass is 79.9. The predicted octanol–water partition coefficient (Wildman–Crippen LogP) is 4.79. The third-order valence-corrected chi connectivity index (χ3v) is 5.74. The van der Waals surface area contributed by atoms with Gasteiger partial charge in [-0.05, 0) is 30.7 Å². The lowest BCUT2D eigenvalue weighted by Gasteiger charge is -2.21. The van der Waals surface area contributed by atoms with Crippen LogP contribution in [0.1, 0.15) is 25.8 Å². The Labute approximate surface area is 178 Å². The van der Waals surface area contributed by atoms with Crippen molar-refractivity contribution in [1.82, 2.24) is 5.32 Å². The van der Waals surface area contributed by atoms with E-state index < -0.39 is 6.10 Å². The van der Waals surface area contributed by atoms with Crippen LogP contribution in [0.5, 0.6) is 0 Å². The molecular weight excluding hydrogens is 443 g/mol. The largest absolute Gasteiger partial charge is 0.497 e. The normalized spacial score (nSPS) is 19.0. The van der Waals surface area contributed by atoms with Crippen LogP contribution in [0.15, 0.2) is 62.1 Å². The molecule has 4 nitrogen and oxygen atoms in total. The van der Waals surface area contributed by atoms with Gasteiger partial charge in [-0.25, -0.2) is 4.39 Å². The topological polar surface area (TPSA) is 53.9 Å². The van der Waals surface area contributed by atoms with Gasteiger partial charge in [-0.15, -0.1) is 11.8 Å². The summed E-state index contributed by atoms with van der Waals surface area (Å²) in [6.45, 7) is 4.74. The van der Waals surface area contributed by atoms with Crippen LogP contribution < -0.4 is 5.32 Å². The van der Waals surface area contributed by atoms with Crippen LogP contribution >= 0.6 is 27.7 Å². The number of ether oxygens (including phenoxy) is 1. The summed E-state index contributed by atoms with van der Waals surface area (Å²) in [4.78, 5) is 4.88. The molecule has 0 aromatic heterocycles. The molecule has 0 saturated carbocycles. The van der Waals surface area contributed by atoms with Crippen LogP contribution in [0.2, 0.25) is 0 Å². The first-order chi connectivity index (χ1) is 13.6. The second-order valence-electron chi connectivity index (χ2n) is 5.90. The fourth-order valence-electron chi connectivity index (χ4n) is 2.74. The zero-order valence-electron chi connectivity index (χ0n) is 16.3. The first-order valence-electron chi connectivity index (χ1n) is 9.27. The Bertz CT molecular complexity index is 806. The summed E-state index contributed by atoms with van der Waals surface area (Å²) < 4.78 is 21.0. The molecule has 1 atom stereocenters. The molecule has 1 aromatic carbocycles. The number of thioether (sulfide) groups is 1. The van der Waals surface area contributed by atoms with E-state index in [1.807, 2.05) is 32.1 Å². The van der Waals surface area contributed by atoms with Crippen molar-refractivity contribution in [1.29, 1.82) is 0 Å². The number of allylic oxidation sites excluding steroid dienone is 5. The summed E-state index contributed by atoms with van der Waals surface area (Å²) in [5.41, 5.74) is 1.70. The van der Waals surface area contributed by atoms with E-state index in [2.05, 4.69) is 32.3 Å². The van der Waals surface area contributed by atoms with Crippen LogP contribution in [-0.2, 0) is 4.74 Å². The second-order valence-corrected chi connectivity index (χ2v) is 7.80. The molecule has 1 unspecified atom stereocenters. The number of nitrogens with zero attached hydrogens (tertiary/aromatic N) is 1. The summed E-state index contributed by atoms with van der Waals surface area (Å²) in [5, 5.41) is 12.7. The van der Waals surface area contributed by atoms with Crippen molar-refractivity contribution in [2.24, 2.45) is 4.99 Å². The molecule has 2 aliphatic rings. The van der Waals surface area contributed by atoms with Crippen LogP contribution in [0.25, 0.3) is 0 Å². The molecule has 0 bridgehead atoms. The van der Waals surface area contributed by atoms with E-state index in [0.29, 0.717) is 35.1 Å². The van der Waals surface area contributed by atoms with Gasteiger partial charge in [-0.3, -0.25) is 4.99 Å². The molecule has 0 spiro atoms. The van der Waals surface area contributed by atoms with Gasteiger partial charge in [0.1, 0.15) is 17.4 Å². The van der Waals surface area contributed by atoms with Gasteiger partial charge in [0.05, 0.1) is 24.7 Å². The van der Waals surface area contributed by atoms with E-state index in [0.717, 1.165) is 22.2 Å². The summed E-state index contributed by atoms with van der Waals surface area (Å²) in [6, 6.07) is 4.97. The molecule has 3 rings (SSSR count). The van der Waals surface area contributed by atoms with Crippen LogP contribution in [0.4, 0.5) is 4.39 Å². The number of halogens is 2. The number of aliphatic hydroxyl groups is 1. The van der Waals surface area contributed by atoms with Gasteiger partial charge in [-0.1, -0.05) is 41.9 Å². The van der Waals surface area contributed by atoms with Crippen molar-refractivity contribution in [3.63, 3.8) is 0 Å². The Hall–Kier alpha value is -1.57. The number of aliphatic hydroxyl groups excluding tert-OH is 1. The van der Waals surface area contributed by atoms with Gasteiger partial charge >= 0.3 is 0 Å². The first-order valence-corrected chi connectivity index (χ1v) is 11.0. The van der Waals surface area contributed by atoms with E-state index in [9.17, 15) is 9.50 Å². The molecule has 1 aliphatic heterocycles. The van der Waals surface area contributed by atoms with Gasteiger partial charge in [-0.2, -0.15) is 0 Å². The molecule has 0 saturated heterocycles. The first kappa shape index (κ1) is 22.7. The van der Waals surface area contributed by atoms with Crippen LogP contribution in [-0.4, -0.2) is 43.0 Å². The summed E-state index contributed by atoms with van der Waals surface area (Å²) in [5.74, 6) is 1.70. The Balaban J connectivity index is 0.00000136. The maximum Gasteiger partial charge on any atom is 0.137 e. The van der Waals surface area contributed by atoms with Gasteiger partial charge in [0.2, 0.25) is 0 Å². The zero-order valence-corrected chi connectivity index (χ0v) is 18.7. The minimum atomic E-state index is -0.502. The summed E-state index contributed by atoms with van der Waals surface area (Å²) >= 11 is 4.93. The summed E-state index contributed by atoms with van der Waals surface area (Å²) in [7, 11) is 1.64. The number of aliphatic imine (C=N–C) groups is 1. The Morgan fingerprint density at radius 1 is 1.36 bits per heavy atom. The third-order valence-electron chi connectivity index (χ3n) is 4.02. The molecule has 28 heavy (non-hydrogen) atoms. The van der Waals surface area contributed by atoms with Crippen molar-refractivity contribution < 1.29 is 14.2 Å². The molecule has 0 amide bonds. The maximum absolute atomic E-state index is 14.5. The number of hydrogen-bond donors (Lipinski definition) is 2. The minimum absolute atomic E-state index is 0.283. The van der Waals surface area contributed by atoms with Crippen molar-refractivity contribution in [2.75, 3.05) is 26.0 Å². The number of hydrogen-bond acceptors (Lipinski definition) is 5. The molecular formula is C21H26BrFN2O2S. The van der Waals surface area contributed by atoms with E-state index in [1.54, 1.807) is 13.2 Å². The summed E-state index contributed by atoms with van der Waals surface area (Å²) in [6.07, 6.45) is 6.34. The average Bonchev–Trinajstić information content (AvgIpc) is 2.89. The maximum atomic E-state index is 14.5. The van der Waals surface area contributed by atoms with Crippen molar-refractivity contribution in [3.05, 3.63) is 63.6 Å². The fourth-order valence-corrected chi connectivity index (χ4v) is 4.25. The Morgan fingerprint density at radius 2 is 2.14 bits per heavy atom. The highest BCUT2D eigenvalue weighted by Gasteiger charge is 2.19. The van der Waals surface area contributed by atoms with Crippen molar-refractivity contribution >= 4 is 33.5 Å². The highest BCUT2D eigenvalue weighted by molar-refractivity contribution is 9.11. The molecule has 1 aromatic rings. The monoisotopic (exact) mass is 468 g/mol. The number of amidine groups is 1. The predicted molar refractivity (Wildman–Crippen MR) is 119 cm³/mol. The molecule has 152 valence electrons. The average molecular weight is 469 g/mol. The van der Waals surface area contributed by atoms with Crippen LogP contribution in [0.3, 0.4) is 0 Å². The fraction of sp³-hybridized carbons (Fsp3) is 0.381. The van der Waals surface area contributed by atoms with E-state index in [4.69, 9.17) is 4.74 Å². The molecule has 1 aliphatic carbocycles. The second kappa shape index (κ2) is 11.4. The number of β-amino-alcohol motifs (C(OH)–C–C–N with tert-alkyl or cyclic N) is 1. The van der Waals surface area contributed by atoms with E-state index in [1.165, 1.54) is 17.8 Å². The number of benzene rings is 1. The van der Waals surface area contributed by atoms with Gasteiger partial charge in [0.25, 0.3) is 0 Å². The molecule has 7 heteroatoms. The van der Waals surface area contributed by atoms with E-state index in [-0.39, 0.29) is 5.82 Å². The van der Waals surface area contributed by atoms with Gasteiger partial charge in [0, 0.05) is 27.9 Å². The lowest BCUT2D eigenvalue weighted by Crippen LogP contribution is -2.39. The zero-order chi connectivity index (χ0) is 20.5. The SMILES string of the molecule is CC.COC1=CCC=C(Br)C=C1CSc1c(F)cccc1C1=NCC(O)CN1. The molecule has 1 heterocycles. The number of rotatable bonds is 5. The van der Waals surface area contributed by atoms with Crippen LogP contribution in [0, 0.1) is 5.82 Å². The molecule has 2 N–H and O–H groups in total. The smallest absolute Gasteiger partial charge is 0.137 e. The van der Waals surface area contributed by atoms with Gasteiger partial charge in [0.15, 0.2) is 0 Å². The third kappa shape index (κ3) is 5.96. The van der Waals surface area contributed by atoms with Gasteiger partial charge < -0.3 is 15.2 Å². The number of methoxy groups -OCH3 is 1. The van der Waals surface area contributed by atoms with Crippen molar-refractivity contribution in [2.45, 2.75) is 31.3 Å². The Morgan fingerprint density at radius 3 is 2.82 bits per heavy atom. The quantitative estimate of drug-likeness (QED) is 0.609. The lowest BCUT2D eigenvalue weighted by atomic mass is 10.1. The number of nitrogens with one attached hydrogen (secondary N) is 1. The van der Waals surface area contributed by atoms with Crippen molar-refractivity contribution in [3.8, 4) is 0 Å². The minimum Gasteiger partial charge on any atom is -0.497 e. The van der Waals surface area contributed by atoms with E-state index >= 15 is 0 Å². The molecule has 0 radical (unpaired) electrons. The Kier molecular flexibility index (Phi) is 9.28. The lowest BCUT2D eigenvalue weighted by molar-refractivity contribution is 0.181.